The molecule has 0 aromatic carbocycles. The molecule has 2 aliphatic heterocycles. The number of carboxylic acid groups (broad SMARTS) is 1. The normalized spacial score (nSPS) is 28.3. The molecular weight excluding hydrogens is 302 g/mol. The fraction of sp³-hybridized carbons (Fsp3) is 0.875. The van der Waals surface area contributed by atoms with Crippen LogP contribution in [0.3, 0.4) is 0 Å². The lowest BCUT2D eigenvalue weighted by atomic mass is 9.64. The molecule has 1 amide bonds. The van der Waals surface area contributed by atoms with Crippen molar-refractivity contribution >= 4 is 12.1 Å². The second kappa shape index (κ2) is 6.28. The number of nitrogens with zero attached hydrogens (tertiary/aromatic N) is 1. The lowest BCUT2D eigenvalue weighted by molar-refractivity contribution is -0.198. The Morgan fingerprint density at radius 2 is 1.78 bits per heavy atom. The van der Waals surface area contributed by atoms with Gasteiger partial charge in [0.2, 0.25) is 0 Å². The van der Waals surface area contributed by atoms with Crippen LogP contribution in [-0.4, -0.2) is 64.7 Å². The van der Waals surface area contributed by atoms with Crippen LogP contribution in [0.15, 0.2) is 0 Å². The van der Waals surface area contributed by atoms with Crippen LogP contribution in [0.25, 0.3) is 0 Å². The summed E-state index contributed by atoms with van der Waals surface area (Å²) < 4.78 is 10.7. The maximum atomic E-state index is 12.1. The van der Waals surface area contributed by atoms with Crippen molar-refractivity contribution in [1.82, 2.24) is 4.90 Å². The van der Waals surface area contributed by atoms with Crippen molar-refractivity contribution in [2.75, 3.05) is 26.3 Å². The first-order valence-corrected chi connectivity index (χ1v) is 8.11. The van der Waals surface area contributed by atoms with Gasteiger partial charge in [-0.3, -0.25) is 4.79 Å². The molecule has 0 aromatic rings. The zero-order valence-electron chi connectivity index (χ0n) is 14.1. The van der Waals surface area contributed by atoms with E-state index in [1.54, 1.807) is 20.8 Å². The summed E-state index contributed by atoms with van der Waals surface area (Å²) in [6, 6.07) is 0. The SMILES string of the molecule is CC(C)(C)OC(=O)N1CCC(O)(C2(C(=O)O)CCCOC2)CC1. The highest BCUT2D eigenvalue weighted by Gasteiger charge is 2.58. The molecule has 0 radical (unpaired) electrons. The van der Waals surface area contributed by atoms with E-state index in [-0.39, 0.29) is 32.5 Å². The molecule has 23 heavy (non-hydrogen) atoms. The molecule has 0 saturated carbocycles. The van der Waals surface area contributed by atoms with Crippen LogP contribution in [0.2, 0.25) is 0 Å². The van der Waals surface area contributed by atoms with Gasteiger partial charge in [0.1, 0.15) is 11.0 Å². The van der Waals surface area contributed by atoms with Crippen molar-refractivity contribution in [3.63, 3.8) is 0 Å². The monoisotopic (exact) mass is 329 g/mol. The fourth-order valence-corrected chi connectivity index (χ4v) is 3.39. The number of piperidine rings is 1. The third kappa shape index (κ3) is 3.61. The molecule has 2 saturated heterocycles. The Labute approximate surface area is 136 Å². The first-order valence-electron chi connectivity index (χ1n) is 8.11. The van der Waals surface area contributed by atoms with Gasteiger partial charge in [-0.15, -0.1) is 0 Å². The van der Waals surface area contributed by atoms with Crippen LogP contribution in [-0.2, 0) is 14.3 Å². The third-order valence-electron chi connectivity index (χ3n) is 4.78. The highest BCUT2D eigenvalue weighted by atomic mass is 16.6. The second-order valence-corrected chi connectivity index (χ2v) is 7.54. The average molecular weight is 329 g/mol. The van der Waals surface area contributed by atoms with E-state index in [4.69, 9.17) is 9.47 Å². The average Bonchev–Trinajstić information content (AvgIpc) is 2.46. The van der Waals surface area contributed by atoms with Gasteiger partial charge in [0.15, 0.2) is 0 Å². The number of carboxylic acids is 1. The van der Waals surface area contributed by atoms with Crippen molar-refractivity contribution in [2.24, 2.45) is 5.41 Å². The molecule has 2 aliphatic rings. The quantitative estimate of drug-likeness (QED) is 0.799. The van der Waals surface area contributed by atoms with E-state index >= 15 is 0 Å². The van der Waals surface area contributed by atoms with Gasteiger partial charge < -0.3 is 24.6 Å². The number of hydrogen-bond donors (Lipinski definition) is 2. The third-order valence-corrected chi connectivity index (χ3v) is 4.78. The molecule has 7 heteroatoms. The van der Waals surface area contributed by atoms with Gasteiger partial charge in [-0.25, -0.2) is 4.79 Å². The summed E-state index contributed by atoms with van der Waals surface area (Å²) in [6.07, 6.45) is 1.00. The Hall–Kier alpha value is -1.34. The standard InChI is InChI=1S/C16H27NO6/c1-14(2,3)23-13(20)17-8-6-16(21,7-9-17)15(12(18)19)5-4-10-22-11-15/h21H,4-11H2,1-3H3,(H,18,19). The van der Waals surface area contributed by atoms with Crippen LogP contribution in [0.4, 0.5) is 4.79 Å². The van der Waals surface area contributed by atoms with Crippen LogP contribution >= 0.6 is 0 Å². The molecule has 2 heterocycles. The number of aliphatic carboxylic acids is 1. The molecule has 0 aromatic heterocycles. The van der Waals surface area contributed by atoms with Gasteiger partial charge in [0.25, 0.3) is 0 Å². The Morgan fingerprint density at radius 1 is 1.17 bits per heavy atom. The Balaban J connectivity index is 2.06. The zero-order valence-corrected chi connectivity index (χ0v) is 14.1. The summed E-state index contributed by atoms with van der Waals surface area (Å²) >= 11 is 0. The van der Waals surface area contributed by atoms with E-state index < -0.39 is 28.7 Å². The molecule has 1 unspecified atom stereocenters. The summed E-state index contributed by atoms with van der Waals surface area (Å²) in [5.74, 6) is -1.02. The van der Waals surface area contributed by atoms with E-state index in [0.717, 1.165) is 0 Å². The molecule has 0 bridgehead atoms. The predicted octanol–water partition coefficient (Wildman–Crippen LogP) is 1.63. The number of likely N-dealkylation sites (tertiary alicyclic amines) is 1. The summed E-state index contributed by atoms with van der Waals surface area (Å²) in [5.41, 5.74) is -3.23. The smallest absolute Gasteiger partial charge is 0.410 e. The van der Waals surface area contributed by atoms with Crippen LogP contribution < -0.4 is 0 Å². The maximum absolute atomic E-state index is 12.1. The first-order chi connectivity index (χ1) is 10.6. The Kier molecular flexibility index (Phi) is 4.92. The fourth-order valence-electron chi connectivity index (χ4n) is 3.39. The van der Waals surface area contributed by atoms with Gasteiger partial charge in [0.05, 0.1) is 12.2 Å². The van der Waals surface area contributed by atoms with E-state index in [1.807, 2.05) is 0 Å². The van der Waals surface area contributed by atoms with Gasteiger partial charge in [0, 0.05) is 19.7 Å². The number of hydrogen-bond acceptors (Lipinski definition) is 5. The van der Waals surface area contributed by atoms with Crippen molar-refractivity contribution in [1.29, 1.82) is 0 Å². The summed E-state index contributed by atoms with van der Waals surface area (Å²) in [5, 5.41) is 20.7. The van der Waals surface area contributed by atoms with Crippen molar-refractivity contribution < 1.29 is 29.3 Å². The van der Waals surface area contributed by atoms with Gasteiger partial charge >= 0.3 is 12.1 Å². The van der Waals surface area contributed by atoms with Gasteiger partial charge in [-0.05, 0) is 46.5 Å². The Morgan fingerprint density at radius 3 is 2.22 bits per heavy atom. The summed E-state index contributed by atoms with van der Waals surface area (Å²) in [7, 11) is 0. The van der Waals surface area contributed by atoms with Crippen LogP contribution in [0, 0.1) is 5.41 Å². The van der Waals surface area contributed by atoms with Crippen LogP contribution in [0.5, 0.6) is 0 Å². The molecule has 2 rings (SSSR count). The minimum absolute atomic E-state index is 0.0191. The van der Waals surface area contributed by atoms with Crippen molar-refractivity contribution in [3.05, 3.63) is 0 Å². The highest BCUT2D eigenvalue weighted by molar-refractivity contribution is 5.77. The van der Waals surface area contributed by atoms with E-state index in [9.17, 15) is 19.8 Å². The zero-order chi connectivity index (χ0) is 17.3. The number of aliphatic hydroxyl groups is 1. The first kappa shape index (κ1) is 18.0. The summed E-state index contributed by atoms with van der Waals surface area (Å²) in [4.78, 5) is 25.5. The highest BCUT2D eigenvalue weighted by Crippen LogP contribution is 2.45. The predicted molar refractivity (Wildman–Crippen MR) is 82.1 cm³/mol. The minimum atomic E-state index is -1.36. The maximum Gasteiger partial charge on any atom is 0.410 e. The van der Waals surface area contributed by atoms with Gasteiger partial charge in [-0.2, -0.15) is 0 Å². The van der Waals surface area contributed by atoms with E-state index in [0.29, 0.717) is 19.4 Å². The number of carbonyl (C=O) groups excluding carboxylic acids is 1. The van der Waals surface area contributed by atoms with Crippen LogP contribution in [0.1, 0.15) is 46.5 Å². The lowest BCUT2D eigenvalue weighted by Gasteiger charge is -2.49. The number of amides is 1. The van der Waals surface area contributed by atoms with Crippen molar-refractivity contribution in [3.8, 4) is 0 Å². The number of ether oxygens (including phenoxy) is 2. The molecule has 1 atom stereocenters. The van der Waals surface area contributed by atoms with Gasteiger partial charge in [-0.1, -0.05) is 0 Å². The molecule has 0 aliphatic carbocycles. The minimum Gasteiger partial charge on any atom is -0.481 e. The molecule has 2 N–H and O–H groups in total. The summed E-state index contributed by atoms with van der Waals surface area (Å²) in [6.45, 7) is 6.49. The molecule has 132 valence electrons. The Bertz CT molecular complexity index is 456. The second-order valence-electron chi connectivity index (χ2n) is 7.54. The van der Waals surface area contributed by atoms with E-state index in [2.05, 4.69) is 0 Å². The topological polar surface area (TPSA) is 96.3 Å². The number of rotatable bonds is 2. The molecule has 2 fully saturated rings. The molecular formula is C16H27NO6. The largest absolute Gasteiger partial charge is 0.481 e. The lowest BCUT2D eigenvalue weighted by Crippen LogP contribution is -2.62. The van der Waals surface area contributed by atoms with Crippen molar-refractivity contribution in [2.45, 2.75) is 57.7 Å². The number of carbonyl (C=O) groups is 2. The molecule has 7 nitrogen and oxygen atoms in total. The van der Waals surface area contributed by atoms with E-state index in [1.165, 1.54) is 4.90 Å². The molecule has 0 spiro atoms.